The van der Waals surface area contributed by atoms with E-state index in [0.29, 0.717) is 49.4 Å². The molecule has 224 valence electrons. The van der Waals surface area contributed by atoms with Gasteiger partial charge in [-0.1, -0.05) is 41.0 Å². The fraction of sp³-hybridized carbons (Fsp3) is 0.697. The molecule has 1 N–H and O–H groups in total. The maximum Gasteiger partial charge on any atom is 0.310 e. The van der Waals surface area contributed by atoms with Gasteiger partial charge in [0.25, 0.3) is 5.91 Å². The highest BCUT2D eigenvalue weighted by atomic mass is 16.4. The van der Waals surface area contributed by atoms with Gasteiger partial charge in [-0.3, -0.25) is 14.4 Å². The number of carboxylic acids is 1. The van der Waals surface area contributed by atoms with Crippen LogP contribution in [-0.4, -0.2) is 62.8 Å². The summed E-state index contributed by atoms with van der Waals surface area (Å²) >= 11 is 0. The summed E-state index contributed by atoms with van der Waals surface area (Å²) in [6.45, 7) is 16.1. The Morgan fingerprint density at radius 2 is 1.68 bits per heavy atom. The van der Waals surface area contributed by atoms with Crippen LogP contribution in [0.4, 0.5) is 0 Å². The van der Waals surface area contributed by atoms with Crippen LogP contribution >= 0.6 is 0 Å². The Balaban J connectivity index is 1.37. The second-order valence-corrected chi connectivity index (χ2v) is 15.3. The molecule has 0 atom stereocenters. The van der Waals surface area contributed by atoms with Crippen LogP contribution in [0.15, 0.2) is 16.5 Å². The molecule has 0 radical (unpaired) electrons. The molecule has 41 heavy (non-hydrogen) atoms. The fourth-order valence-electron chi connectivity index (χ4n) is 6.96. The third-order valence-electron chi connectivity index (χ3n) is 10.0. The van der Waals surface area contributed by atoms with E-state index in [1.807, 2.05) is 13.8 Å². The Labute approximate surface area is 243 Å². The molecule has 8 heteroatoms. The first-order chi connectivity index (χ1) is 19.0. The number of nitrogens with zero attached hydrogens (tertiary/aromatic N) is 3. The molecule has 0 unspecified atom stereocenters. The Kier molecular flexibility index (Phi) is 7.31. The summed E-state index contributed by atoms with van der Waals surface area (Å²) in [6, 6.07) is 3.99. The number of carboxylic acid groups (broad SMARTS) is 1. The number of aromatic nitrogens is 1. The normalized spacial score (nSPS) is 22.4. The van der Waals surface area contributed by atoms with Crippen molar-refractivity contribution >= 4 is 28.9 Å². The lowest BCUT2D eigenvalue weighted by molar-refractivity contribution is -0.160. The van der Waals surface area contributed by atoms with Crippen LogP contribution in [0.1, 0.15) is 128 Å². The first kappa shape index (κ1) is 29.6. The van der Waals surface area contributed by atoms with Gasteiger partial charge >= 0.3 is 5.97 Å². The lowest BCUT2D eigenvalue weighted by atomic mass is 9.66. The van der Waals surface area contributed by atoms with Crippen molar-refractivity contribution in [2.45, 2.75) is 117 Å². The number of hydrogen-bond acceptors (Lipinski definition) is 5. The van der Waals surface area contributed by atoms with E-state index in [9.17, 15) is 19.5 Å². The second kappa shape index (κ2) is 10.1. The molecule has 3 aliphatic rings. The van der Waals surface area contributed by atoms with E-state index in [1.165, 1.54) is 12.8 Å². The van der Waals surface area contributed by atoms with Crippen molar-refractivity contribution in [1.29, 1.82) is 0 Å². The van der Waals surface area contributed by atoms with E-state index in [2.05, 4.69) is 40.7 Å². The van der Waals surface area contributed by atoms with Crippen molar-refractivity contribution in [3.8, 4) is 0 Å². The molecule has 2 aromatic heterocycles. The Hall–Kier alpha value is -2.90. The molecular weight excluding hydrogens is 518 g/mol. The van der Waals surface area contributed by atoms with Crippen molar-refractivity contribution < 1.29 is 23.9 Å². The summed E-state index contributed by atoms with van der Waals surface area (Å²) in [4.78, 5) is 47.4. The van der Waals surface area contributed by atoms with Crippen LogP contribution in [0.3, 0.4) is 0 Å². The second-order valence-electron chi connectivity index (χ2n) is 15.3. The third kappa shape index (κ3) is 5.63. The van der Waals surface area contributed by atoms with Crippen molar-refractivity contribution in [2.75, 3.05) is 19.6 Å². The van der Waals surface area contributed by atoms with Crippen molar-refractivity contribution in [3.05, 3.63) is 29.2 Å². The van der Waals surface area contributed by atoms with Gasteiger partial charge in [0.15, 0.2) is 11.3 Å². The Bertz CT molecular complexity index is 1350. The number of aliphatic carboxylic acids is 1. The summed E-state index contributed by atoms with van der Waals surface area (Å²) in [5, 5.41) is 9.68. The van der Waals surface area contributed by atoms with Gasteiger partial charge in [-0.15, -0.1) is 0 Å². The predicted molar refractivity (Wildman–Crippen MR) is 158 cm³/mol. The number of hydrogen-bond donors (Lipinski definition) is 1. The zero-order valence-electron chi connectivity index (χ0n) is 25.9. The molecule has 5 rings (SSSR count). The van der Waals surface area contributed by atoms with E-state index in [0.717, 1.165) is 36.0 Å². The number of piperazine rings is 1. The zero-order valence-corrected chi connectivity index (χ0v) is 25.9. The minimum absolute atomic E-state index is 0.0258. The van der Waals surface area contributed by atoms with Crippen LogP contribution in [0, 0.1) is 10.8 Å². The monoisotopic (exact) mass is 565 g/mol. The van der Waals surface area contributed by atoms with Gasteiger partial charge in [-0.25, -0.2) is 4.98 Å². The topological polar surface area (TPSA) is 104 Å². The van der Waals surface area contributed by atoms with Crippen LogP contribution in [0.2, 0.25) is 0 Å². The van der Waals surface area contributed by atoms with Gasteiger partial charge in [-0.05, 0) is 69.3 Å². The highest BCUT2D eigenvalue weighted by Gasteiger charge is 2.48. The average molecular weight is 566 g/mol. The summed E-state index contributed by atoms with van der Waals surface area (Å²) in [6.07, 6.45) is 6.55. The van der Waals surface area contributed by atoms with E-state index < -0.39 is 16.9 Å². The van der Waals surface area contributed by atoms with Gasteiger partial charge in [-0.2, -0.15) is 0 Å². The van der Waals surface area contributed by atoms with Crippen molar-refractivity contribution in [1.82, 2.24) is 14.8 Å². The molecule has 1 saturated heterocycles. The average Bonchev–Trinajstić information content (AvgIpc) is 3.28. The summed E-state index contributed by atoms with van der Waals surface area (Å²) in [5.41, 5.74) is 2.20. The highest BCUT2D eigenvalue weighted by molar-refractivity contribution is 5.96. The first-order valence-electron chi connectivity index (χ1n) is 15.3. The Morgan fingerprint density at radius 3 is 2.22 bits per heavy atom. The van der Waals surface area contributed by atoms with Crippen LogP contribution in [0.25, 0.3) is 11.1 Å². The maximum atomic E-state index is 13.9. The molecular formula is C33H47N3O5. The number of furan rings is 1. The van der Waals surface area contributed by atoms with E-state index in [4.69, 9.17) is 9.40 Å². The molecule has 0 spiro atoms. The molecule has 2 amide bonds. The lowest BCUT2D eigenvalue weighted by Crippen LogP contribution is -2.62. The third-order valence-corrected chi connectivity index (χ3v) is 10.0. The van der Waals surface area contributed by atoms with E-state index in [-0.39, 0.29) is 29.4 Å². The van der Waals surface area contributed by atoms with Gasteiger partial charge in [0.1, 0.15) is 5.52 Å². The lowest BCUT2D eigenvalue weighted by Gasteiger charge is -2.47. The summed E-state index contributed by atoms with van der Waals surface area (Å²) in [7, 11) is 0. The number of carbonyl (C=O) groups excluding carboxylic acids is 2. The van der Waals surface area contributed by atoms with Gasteiger partial charge in [0.05, 0.1) is 11.0 Å². The van der Waals surface area contributed by atoms with Crippen LogP contribution in [-0.2, 0) is 15.0 Å². The molecule has 8 nitrogen and oxygen atoms in total. The maximum absolute atomic E-state index is 13.9. The van der Waals surface area contributed by atoms with Crippen molar-refractivity contribution in [2.24, 2.45) is 10.8 Å². The van der Waals surface area contributed by atoms with Crippen LogP contribution in [0.5, 0.6) is 0 Å². The largest absolute Gasteiger partial charge is 0.481 e. The highest BCUT2D eigenvalue weighted by Crippen LogP contribution is 2.45. The molecule has 0 bridgehead atoms. The van der Waals surface area contributed by atoms with Gasteiger partial charge in [0, 0.05) is 49.3 Å². The standard InChI is InChI=1S/C33H47N3O5/c1-30(2,3)22-17-23(21-9-13-31(4,5)14-10-21)34-24-18-25(41-27(22)24)28(38)36-16-15-35(20-32(36,6)7)26(37)19-33(29(39)40)11-8-12-33/h17-18,21H,8-16,19-20H2,1-7H3,(H,39,40). The predicted octanol–water partition coefficient (Wildman–Crippen LogP) is 6.52. The molecule has 2 aliphatic carbocycles. The van der Waals surface area contributed by atoms with Gasteiger partial charge in [0.2, 0.25) is 5.91 Å². The molecule has 2 saturated carbocycles. The quantitative estimate of drug-likeness (QED) is 0.443. The number of pyridine rings is 1. The first-order valence-corrected chi connectivity index (χ1v) is 15.3. The number of fused-ring (bicyclic) bond motifs is 1. The number of amides is 2. The Morgan fingerprint density at radius 1 is 1.02 bits per heavy atom. The summed E-state index contributed by atoms with van der Waals surface area (Å²) in [5.74, 6) is -0.552. The summed E-state index contributed by atoms with van der Waals surface area (Å²) < 4.78 is 6.30. The fourth-order valence-corrected chi connectivity index (χ4v) is 6.96. The van der Waals surface area contributed by atoms with E-state index in [1.54, 1.807) is 15.9 Å². The number of carbonyl (C=O) groups is 3. The molecule has 3 heterocycles. The smallest absolute Gasteiger partial charge is 0.310 e. The van der Waals surface area contributed by atoms with Gasteiger partial charge < -0.3 is 19.3 Å². The van der Waals surface area contributed by atoms with Crippen molar-refractivity contribution in [3.63, 3.8) is 0 Å². The molecule has 2 aromatic rings. The SMILES string of the molecule is CC1(C)CCC(c2cc(C(C)(C)C)c3oc(C(=O)N4CCN(C(=O)CC5(C(=O)O)CCC5)CC4(C)C)cc3n2)CC1. The molecule has 0 aromatic carbocycles. The zero-order chi connectivity index (χ0) is 30.0. The minimum Gasteiger partial charge on any atom is -0.481 e. The molecule has 1 aliphatic heterocycles. The van der Waals surface area contributed by atoms with E-state index >= 15 is 0 Å². The molecule has 3 fully saturated rings. The minimum atomic E-state index is -0.924. The number of rotatable bonds is 5. The van der Waals surface area contributed by atoms with Crippen LogP contribution < -0.4 is 0 Å².